The second-order valence-electron chi connectivity index (χ2n) is 5.15. The van der Waals surface area contributed by atoms with E-state index in [-0.39, 0.29) is 5.82 Å². The van der Waals surface area contributed by atoms with E-state index in [0.717, 1.165) is 24.0 Å². The molecular formula is C16H14FN3. The van der Waals surface area contributed by atoms with Crippen LogP contribution in [0.15, 0.2) is 36.4 Å². The van der Waals surface area contributed by atoms with Gasteiger partial charge in [0, 0.05) is 19.3 Å². The Labute approximate surface area is 116 Å². The van der Waals surface area contributed by atoms with Crippen molar-refractivity contribution in [3.63, 3.8) is 0 Å². The number of benzene rings is 2. The number of nitrogens with zero attached hydrogens (tertiary/aromatic N) is 2. The highest BCUT2D eigenvalue weighted by Gasteiger charge is 2.17. The number of anilines is 1. The zero-order valence-corrected chi connectivity index (χ0v) is 11.2. The molecule has 4 rings (SSSR count). The SMILES string of the molecule is Cn1c(-c2ccccc2F)nc2cc3c(cc21)NCC3. The van der Waals surface area contributed by atoms with E-state index in [1.54, 1.807) is 12.1 Å². The van der Waals surface area contributed by atoms with Gasteiger partial charge in [0.05, 0.1) is 16.6 Å². The van der Waals surface area contributed by atoms with Crippen LogP contribution in [0, 0.1) is 5.82 Å². The van der Waals surface area contributed by atoms with Gasteiger partial charge in [-0.1, -0.05) is 12.1 Å². The molecule has 0 bridgehead atoms. The van der Waals surface area contributed by atoms with Crippen LogP contribution in [0.3, 0.4) is 0 Å². The van der Waals surface area contributed by atoms with Gasteiger partial charge in [-0.3, -0.25) is 0 Å². The van der Waals surface area contributed by atoms with E-state index in [2.05, 4.69) is 22.4 Å². The average molecular weight is 267 g/mol. The molecule has 2 heterocycles. The van der Waals surface area contributed by atoms with Crippen molar-refractivity contribution in [2.45, 2.75) is 6.42 Å². The van der Waals surface area contributed by atoms with Crippen LogP contribution >= 0.6 is 0 Å². The molecule has 0 aliphatic carbocycles. The van der Waals surface area contributed by atoms with Crippen molar-refractivity contribution in [1.29, 1.82) is 0 Å². The molecule has 4 heteroatoms. The number of fused-ring (bicyclic) bond motifs is 2. The Hall–Kier alpha value is -2.36. The van der Waals surface area contributed by atoms with E-state index >= 15 is 0 Å². The third-order valence-corrected chi connectivity index (χ3v) is 3.93. The molecule has 0 unspecified atom stereocenters. The molecule has 1 aromatic heterocycles. The van der Waals surface area contributed by atoms with Crippen LogP contribution in [0.4, 0.5) is 10.1 Å². The molecule has 2 aromatic carbocycles. The van der Waals surface area contributed by atoms with Crippen molar-refractivity contribution >= 4 is 16.7 Å². The summed E-state index contributed by atoms with van der Waals surface area (Å²) < 4.78 is 15.9. The predicted molar refractivity (Wildman–Crippen MR) is 78.3 cm³/mol. The summed E-state index contributed by atoms with van der Waals surface area (Å²) in [5.74, 6) is 0.429. The van der Waals surface area contributed by atoms with Crippen LogP contribution < -0.4 is 5.32 Å². The molecule has 1 N–H and O–H groups in total. The number of rotatable bonds is 1. The maximum absolute atomic E-state index is 14.0. The molecule has 0 amide bonds. The molecule has 0 saturated carbocycles. The summed E-state index contributed by atoms with van der Waals surface area (Å²) in [5, 5.41) is 3.36. The Kier molecular flexibility index (Phi) is 2.33. The second-order valence-corrected chi connectivity index (χ2v) is 5.15. The Morgan fingerprint density at radius 2 is 2.10 bits per heavy atom. The van der Waals surface area contributed by atoms with E-state index in [1.165, 1.54) is 17.3 Å². The van der Waals surface area contributed by atoms with Crippen molar-refractivity contribution in [3.8, 4) is 11.4 Å². The molecule has 1 aliphatic rings. The number of aryl methyl sites for hydroxylation is 1. The van der Waals surface area contributed by atoms with Gasteiger partial charge >= 0.3 is 0 Å². The lowest BCUT2D eigenvalue weighted by Crippen LogP contribution is -1.95. The summed E-state index contributed by atoms with van der Waals surface area (Å²) in [6, 6.07) is 11.0. The van der Waals surface area contributed by atoms with Crippen molar-refractivity contribution < 1.29 is 4.39 Å². The Bertz CT molecular complexity index is 820. The van der Waals surface area contributed by atoms with Crippen molar-refractivity contribution in [3.05, 3.63) is 47.8 Å². The minimum absolute atomic E-state index is 0.239. The highest BCUT2D eigenvalue weighted by Crippen LogP contribution is 2.31. The van der Waals surface area contributed by atoms with Gasteiger partial charge in [0.2, 0.25) is 0 Å². The van der Waals surface area contributed by atoms with Gasteiger partial charge in [0.1, 0.15) is 11.6 Å². The van der Waals surface area contributed by atoms with Gasteiger partial charge < -0.3 is 9.88 Å². The van der Waals surface area contributed by atoms with Crippen molar-refractivity contribution in [1.82, 2.24) is 9.55 Å². The lowest BCUT2D eigenvalue weighted by molar-refractivity contribution is 0.629. The fourth-order valence-corrected chi connectivity index (χ4v) is 2.87. The molecule has 0 fully saturated rings. The van der Waals surface area contributed by atoms with Crippen LogP contribution in [-0.4, -0.2) is 16.1 Å². The lowest BCUT2D eigenvalue weighted by Gasteiger charge is -2.04. The second kappa shape index (κ2) is 4.07. The van der Waals surface area contributed by atoms with Crippen molar-refractivity contribution in [2.24, 2.45) is 7.05 Å². The molecular weight excluding hydrogens is 253 g/mol. The first-order valence-electron chi connectivity index (χ1n) is 6.72. The normalized spacial score (nSPS) is 13.5. The summed E-state index contributed by atoms with van der Waals surface area (Å²) >= 11 is 0. The Balaban J connectivity index is 1.98. The average Bonchev–Trinajstić information content (AvgIpc) is 3.02. The molecule has 0 saturated heterocycles. The monoisotopic (exact) mass is 267 g/mol. The van der Waals surface area contributed by atoms with E-state index < -0.39 is 0 Å². The zero-order valence-electron chi connectivity index (χ0n) is 11.2. The largest absolute Gasteiger partial charge is 0.384 e. The van der Waals surface area contributed by atoms with Crippen molar-refractivity contribution in [2.75, 3.05) is 11.9 Å². The highest BCUT2D eigenvalue weighted by atomic mass is 19.1. The Morgan fingerprint density at radius 1 is 1.25 bits per heavy atom. The highest BCUT2D eigenvalue weighted by molar-refractivity contribution is 5.86. The molecule has 3 nitrogen and oxygen atoms in total. The third kappa shape index (κ3) is 1.54. The van der Waals surface area contributed by atoms with Crippen LogP contribution in [0.25, 0.3) is 22.4 Å². The van der Waals surface area contributed by atoms with Crippen LogP contribution in [-0.2, 0) is 13.5 Å². The lowest BCUT2D eigenvalue weighted by atomic mass is 10.1. The van der Waals surface area contributed by atoms with Gasteiger partial charge in [-0.25, -0.2) is 9.37 Å². The minimum Gasteiger partial charge on any atom is -0.384 e. The number of halogens is 1. The quantitative estimate of drug-likeness (QED) is 0.732. The van der Waals surface area contributed by atoms with Gasteiger partial charge in [0.15, 0.2) is 0 Å². The first-order valence-corrected chi connectivity index (χ1v) is 6.72. The number of hydrogen-bond acceptors (Lipinski definition) is 2. The smallest absolute Gasteiger partial charge is 0.143 e. The number of aromatic nitrogens is 2. The maximum atomic E-state index is 14.0. The third-order valence-electron chi connectivity index (χ3n) is 3.93. The molecule has 1 aliphatic heterocycles. The van der Waals surface area contributed by atoms with E-state index in [4.69, 9.17) is 0 Å². The number of hydrogen-bond donors (Lipinski definition) is 1. The topological polar surface area (TPSA) is 29.9 Å². The summed E-state index contributed by atoms with van der Waals surface area (Å²) in [7, 11) is 1.93. The van der Waals surface area contributed by atoms with E-state index in [0.29, 0.717) is 11.4 Å². The minimum atomic E-state index is -0.239. The number of imidazole rings is 1. The zero-order chi connectivity index (χ0) is 13.7. The van der Waals surface area contributed by atoms with Gasteiger partial charge in [-0.2, -0.15) is 0 Å². The molecule has 100 valence electrons. The molecule has 3 aromatic rings. The van der Waals surface area contributed by atoms with Gasteiger partial charge in [-0.15, -0.1) is 0 Å². The van der Waals surface area contributed by atoms with Crippen LogP contribution in [0.5, 0.6) is 0 Å². The summed E-state index contributed by atoms with van der Waals surface area (Å²) in [6.45, 7) is 0.978. The maximum Gasteiger partial charge on any atom is 0.143 e. The first kappa shape index (κ1) is 11.5. The fourth-order valence-electron chi connectivity index (χ4n) is 2.87. The summed E-state index contributed by atoms with van der Waals surface area (Å²) in [5.41, 5.74) is 4.94. The molecule has 0 spiro atoms. The van der Waals surface area contributed by atoms with Gasteiger partial charge in [0.25, 0.3) is 0 Å². The predicted octanol–water partition coefficient (Wildman–Crippen LogP) is 3.35. The fraction of sp³-hybridized carbons (Fsp3) is 0.188. The first-order chi connectivity index (χ1) is 9.74. The van der Waals surface area contributed by atoms with Gasteiger partial charge in [-0.05, 0) is 36.2 Å². The standard InChI is InChI=1S/C16H14FN3/c1-20-15-9-13-10(6-7-18-13)8-14(15)19-16(20)11-4-2-3-5-12(11)17/h2-5,8-9,18H,6-7H2,1H3. The molecule has 0 radical (unpaired) electrons. The van der Waals surface area contributed by atoms with E-state index in [9.17, 15) is 4.39 Å². The Morgan fingerprint density at radius 3 is 2.95 bits per heavy atom. The van der Waals surface area contributed by atoms with Crippen LogP contribution in [0.1, 0.15) is 5.56 Å². The summed E-state index contributed by atoms with van der Waals surface area (Å²) in [4.78, 5) is 4.62. The van der Waals surface area contributed by atoms with Crippen LogP contribution in [0.2, 0.25) is 0 Å². The summed E-state index contributed by atoms with van der Waals surface area (Å²) in [6.07, 6.45) is 1.02. The number of nitrogens with one attached hydrogen (secondary N) is 1. The van der Waals surface area contributed by atoms with E-state index in [1.807, 2.05) is 17.7 Å². The molecule has 20 heavy (non-hydrogen) atoms. The molecule has 0 atom stereocenters.